The highest BCUT2D eigenvalue weighted by atomic mass is 32.1. The van der Waals surface area contributed by atoms with E-state index >= 15 is 0 Å². The highest BCUT2D eigenvalue weighted by Gasteiger charge is 2.36. The second-order valence-electron chi connectivity index (χ2n) is 12.3. The molecule has 0 bridgehead atoms. The molecule has 2 saturated heterocycles. The number of likely N-dealkylation sites (tertiary alicyclic amines) is 1. The highest BCUT2D eigenvalue weighted by molar-refractivity contribution is 7.78. The lowest BCUT2D eigenvalue weighted by atomic mass is 9.94. The van der Waals surface area contributed by atoms with Crippen molar-refractivity contribution >= 4 is 50.5 Å². The van der Waals surface area contributed by atoms with Crippen LogP contribution in [0.3, 0.4) is 0 Å². The molecule has 2 fully saturated rings. The summed E-state index contributed by atoms with van der Waals surface area (Å²) >= 11 is 3.85. The van der Waals surface area contributed by atoms with Crippen LogP contribution < -0.4 is 21.1 Å². The van der Waals surface area contributed by atoms with Crippen molar-refractivity contribution in [1.29, 1.82) is 0 Å². The molecule has 2 amide bonds. The molecule has 1 aromatic rings. The van der Waals surface area contributed by atoms with Crippen molar-refractivity contribution in [1.82, 2.24) is 20.3 Å². The van der Waals surface area contributed by atoms with Crippen molar-refractivity contribution < 1.29 is 33.8 Å². The summed E-state index contributed by atoms with van der Waals surface area (Å²) in [7, 11) is 7.68. The summed E-state index contributed by atoms with van der Waals surface area (Å²) in [6.07, 6.45) is 6.89. The molecular weight excluding hydrogens is 681 g/mol. The number of carbonyl (C=O) groups excluding carboxylic acids is 4. The molecule has 52 heavy (non-hydrogen) atoms. The molecule has 0 spiro atoms. The van der Waals surface area contributed by atoms with E-state index in [-0.39, 0.29) is 74.9 Å². The Morgan fingerprint density at radius 2 is 1.65 bits per heavy atom. The summed E-state index contributed by atoms with van der Waals surface area (Å²) in [5.41, 5.74) is 5.74. The fraction of sp³-hybridized carbons (Fsp3) is 0.711. The number of amides is 2. The number of nitrogens with two attached hydrogens (primary N) is 1. The standard InChI is InChI=1S/C19H30N2O2.C10H18N2O3S.C4H8B.C2H6.CH5N.CH2O2.CH4/c1-14(13-16-9-6-5-7-10-16)20-19(22)15(2)18(23-4)17-11-8-12-21(17)3;1-7(2)9(12-16)10(15)11-6-8(14)4-3-5-13;1-2-4-3-5-4;2*1-2;2-1-3;/h5-7,9-10,14-15,17-18H,8,11-13H2,1-4H3,(H,20,22);5,7,9,12,16H,3-4,6H2,1-2H3,(H,11,15);4H,2-3H2,1H3;1-2H3;2H2,1H3;1H,(H,2,3);1H4. The first-order valence-electron chi connectivity index (χ1n) is 18.1. The molecule has 12 nitrogen and oxygen atoms in total. The SMILES string of the molecule is C.CC.CC(C)C(NS)C(=O)NCC(=O)CCC=O.CCC1[B]C1.CN.COC(C(C)C(=O)NC(C)Cc1ccccc1)C1CCCN1C.O=CO. The van der Waals surface area contributed by atoms with Gasteiger partial charge in [-0.2, -0.15) is 0 Å². The van der Waals surface area contributed by atoms with E-state index in [1.54, 1.807) is 7.11 Å². The number of rotatable bonds is 16. The van der Waals surface area contributed by atoms with Crippen LogP contribution in [0.25, 0.3) is 0 Å². The van der Waals surface area contributed by atoms with Gasteiger partial charge in [0, 0.05) is 32.0 Å². The number of methoxy groups -OCH3 is 1. The van der Waals surface area contributed by atoms with Crippen LogP contribution in [0.4, 0.5) is 0 Å². The Bertz CT molecular complexity index is 1040. The molecule has 301 valence electrons. The third-order valence-electron chi connectivity index (χ3n) is 8.09. The van der Waals surface area contributed by atoms with Gasteiger partial charge < -0.3 is 35.9 Å². The molecule has 6 unspecified atom stereocenters. The van der Waals surface area contributed by atoms with Gasteiger partial charge in [-0.15, -0.1) is 0 Å². The van der Waals surface area contributed by atoms with Gasteiger partial charge >= 0.3 is 0 Å². The van der Waals surface area contributed by atoms with Gasteiger partial charge in [-0.1, -0.05) is 111 Å². The quantitative estimate of drug-likeness (QED) is 0.0777. The van der Waals surface area contributed by atoms with Crippen LogP contribution in [0.5, 0.6) is 0 Å². The summed E-state index contributed by atoms with van der Waals surface area (Å²) in [4.78, 5) is 56.0. The lowest BCUT2D eigenvalue weighted by Gasteiger charge is -2.32. The second-order valence-corrected chi connectivity index (χ2v) is 12.6. The van der Waals surface area contributed by atoms with Crippen LogP contribution in [0.15, 0.2) is 30.3 Å². The Hall–Kier alpha value is -2.78. The predicted octanol–water partition coefficient (Wildman–Crippen LogP) is 4.85. The van der Waals surface area contributed by atoms with Crippen molar-refractivity contribution in [3.63, 3.8) is 0 Å². The maximum atomic E-state index is 12.6. The van der Waals surface area contributed by atoms with Crippen molar-refractivity contribution in [2.45, 2.75) is 131 Å². The summed E-state index contributed by atoms with van der Waals surface area (Å²) in [5.74, 6) is 0.619. The Balaban J connectivity index is -0.000000344. The van der Waals surface area contributed by atoms with E-state index in [0.717, 1.165) is 25.2 Å². The predicted molar refractivity (Wildman–Crippen MR) is 219 cm³/mol. The van der Waals surface area contributed by atoms with E-state index in [9.17, 15) is 19.2 Å². The van der Waals surface area contributed by atoms with E-state index < -0.39 is 6.04 Å². The average molecular weight is 755 g/mol. The summed E-state index contributed by atoms with van der Waals surface area (Å²) in [6.45, 7) is 14.8. The van der Waals surface area contributed by atoms with Crippen LogP contribution in [-0.4, -0.2) is 106 Å². The Labute approximate surface area is 322 Å². The van der Waals surface area contributed by atoms with E-state index in [0.29, 0.717) is 12.3 Å². The number of likely N-dealkylation sites (N-methyl/N-ethyl adjacent to an activating group) is 1. The minimum Gasteiger partial charge on any atom is -0.483 e. The van der Waals surface area contributed by atoms with Crippen LogP contribution in [0.1, 0.15) is 93.6 Å². The zero-order chi connectivity index (χ0) is 39.8. The number of nitrogens with one attached hydrogen (secondary N) is 3. The number of aldehydes is 1. The number of ketones is 1. The van der Waals surface area contributed by atoms with E-state index in [1.807, 2.05) is 52.8 Å². The van der Waals surface area contributed by atoms with Crippen LogP contribution in [-0.2, 0) is 35.1 Å². The molecule has 1 aromatic carbocycles. The smallest absolute Gasteiger partial charge is 0.290 e. The van der Waals surface area contributed by atoms with E-state index in [4.69, 9.17) is 14.6 Å². The molecule has 3 rings (SSSR count). The monoisotopic (exact) mass is 755 g/mol. The molecule has 0 saturated carbocycles. The first-order chi connectivity index (χ1) is 24.4. The van der Waals surface area contributed by atoms with Gasteiger partial charge in [0.15, 0.2) is 5.78 Å². The zero-order valence-corrected chi connectivity index (χ0v) is 33.8. The number of hydrogen-bond acceptors (Lipinski definition) is 10. The average Bonchev–Trinajstić information content (AvgIpc) is 3.89. The molecular formula is C38H73BN5O7S. The number of hydrogen-bond donors (Lipinski definition) is 6. The molecule has 0 aliphatic carbocycles. The number of Topliss-reactive ketones (excluding diaryl/α,β-unsaturated/α-hetero) is 1. The maximum Gasteiger partial charge on any atom is 0.290 e. The molecule has 2 aliphatic rings. The number of nitrogens with zero attached hydrogens (tertiary/aromatic N) is 1. The Morgan fingerprint density at radius 3 is 2.04 bits per heavy atom. The van der Waals surface area contributed by atoms with Gasteiger partial charge in [0.2, 0.25) is 11.8 Å². The van der Waals surface area contributed by atoms with Crippen LogP contribution >= 0.6 is 12.8 Å². The van der Waals surface area contributed by atoms with Crippen LogP contribution in [0.2, 0.25) is 12.1 Å². The van der Waals surface area contributed by atoms with Crippen LogP contribution in [0, 0.1) is 11.8 Å². The molecule has 1 radical (unpaired) electrons. The third-order valence-corrected chi connectivity index (χ3v) is 8.37. The zero-order valence-electron chi connectivity index (χ0n) is 32.9. The van der Waals surface area contributed by atoms with Crippen molar-refractivity contribution in [3.8, 4) is 0 Å². The summed E-state index contributed by atoms with van der Waals surface area (Å²) in [6, 6.07) is 10.3. The van der Waals surface area contributed by atoms with Crippen molar-refractivity contribution in [2.24, 2.45) is 17.6 Å². The van der Waals surface area contributed by atoms with Gasteiger partial charge in [0.05, 0.1) is 24.6 Å². The minimum atomic E-state index is -0.429. The van der Waals surface area contributed by atoms with Crippen molar-refractivity contribution in [2.75, 3.05) is 34.3 Å². The number of carboxylic acid groups (broad SMARTS) is 1. The fourth-order valence-electron chi connectivity index (χ4n) is 5.13. The summed E-state index contributed by atoms with van der Waals surface area (Å²) < 4.78 is 8.27. The molecule has 2 heterocycles. The second kappa shape index (κ2) is 36.6. The number of thiol groups is 1. The maximum absolute atomic E-state index is 12.6. The normalized spacial score (nSPS) is 17.3. The minimum absolute atomic E-state index is 0. The van der Waals surface area contributed by atoms with E-state index in [1.165, 1.54) is 31.8 Å². The van der Waals surface area contributed by atoms with Gasteiger partial charge in [0.25, 0.3) is 6.47 Å². The Morgan fingerprint density at radius 1 is 1.10 bits per heavy atom. The molecule has 0 aromatic heterocycles. The van der Waals surface area contributed by atoms with Gasteiger partial charge in [-0.25, -0.2) is 0 Å². The van der Waals surface area contributed by atoms with E-state index in [2.05, 4.69) is 79.1 Å². The lowest BCUT2D eigenvalue weighted by molar-refractivity contribution is -0.131. The molecule has 6 atom stereocenters. The number of carbonyl (C=O) groups is 5. The highest BCUT2D eigenvalue weighted by Crippen LogP contribution is 2.29. The van der Waals surface area contributed by atoms with Crippen molar-refractivity contribution in [3.05, 3.63) is 35.9 Å². The first-order valence-corrected chi connectivity index (χ1v) is 18.5. The molecule has 14 heteroatoms. The van der Waals surface area contributed by atoms with Gasteiger partial charge in [-0.05, 0) is 58.3 Å². The fourth-order valence-corrected chi connectivity index (χ4v) is 5.55. The number of ether oxygens (including phenoxy) is 1. The third kappa shape index (κ3) is 26.9. The van der Waals surface area contributed by atoms with Gasteiger partial charge in [-0.3, -0.25) is 23.9 Å². The molecule has 2 aliphatic heterocycles. The lowest BCUT2D eigenvalue weighted by Crippen LogP contribution is -2.48. The molecule has 6 N–H and O–H groups in total. The topological polar surface area (TPSA) is 180 Å². The largest absolute Gasteiger partial charge is 0.483 e. The van der Waals surface area contributed by atoms with Gasteiger partial charge in [0.1, 0.15) is 13.6 Å². The number of benzene rings is 1. The first kappa shape index (κ1) is 56.0. The Kier molecular flexibility index (Phi) is 39.4. The summed E-state index contributed by atoms with van der Waals surface area (Å²) in [5, 5.41) is 12.5.